The lowest BCUT2D eigenvalue weighted by Crippen LogP contribution is -2.14. The highest BCUT2D eigenvalue weighted by atomic mass is 19.3. The maximum atomic E-state index is 12.3. The molecule has 0 aliphatic rings. The van der Waals surface area contributed by atoms with Gasteiger partial charge in [-0.2, -0.15) is 13.9 Å². The predicted molar refractivity (Wildman–Crippen MR) is 78.4 cm³/mol. The molecule has 1 aromatic heterocycles. The SMILES string of the molecule is CCn1ncc(C(=O)Nc2ccc(OC(F)F)cc2C)c1C. The average Bonchev–Trinajstić information content (AvgIpc) is 2.82. The third-order valence-electron chi connectivity index (χ3n) is 3.32. The van der Waals surface area contributed by atoms with Crippen LogP contribution >= 0.6 is 0 Å². The van der Waals surface area contributed by atoms with Crippen molar-refractivity contribution in [3.8, 4) is 5.75 Å². The predicted octanol–water partition coefficient (Wildman–Crippen LogP) is 3.37. The smallest absolute Gasteiger partial charge is 0.387 e. The molecule has 0 spiro atoms. The van der Waals surface area contributed by atoms with Crippen LogP contribution in [0, 0.1) is 13.8 Å². The van der Waals surface area contributed by atoms with Crippen molar-refractivity contribution in [2.24, 2.45) is 0 Å². The molecule has 0 saturated heterocycles. The van der Waals surface area contributed by atoms with E-state index in [0.29, 0.717) is 23.4 Å². The lowest BCUT2D eigenvalue weighted by atomic mass is 10.1. The Morgan fingerprint density at radius 2 is 2.14 bits per heavy atom. The van der Waals surface area contributed by atoms with Crippen LogP contribution in [0.15, 0.2) is 24.4 Å². The molecular weight excluding hydrogens is 292 g/mol. The number of halogens is 2. The van der Waals surface area contributed by atoms with Crippen LogP contribution in [0.5, 0.6) is 5.75 Å². The molecule has 22 heavy (non-hydrogen) atoms. The Hall–Kier alpha value is -2.44. The Kier molecular flexibility index (Phi) is 4.75. The Balaban J connectivity index is 2.16. The summed E-state index contributed by atoms with van der Waals surface area (Å²) < 4.78 is 30.4. The highest BCUT2D eigenvalue weighted by Gasteiger charge is 2.15. The standard InChI is InChI=1S/C15H17F2N3O2/c1-4-20-10(3)12(8-18-20)14(21)19-13-6-5-11(7-9(13)2)22-15(16)17/h5-8,15H,4H2,1-3H3,(H,19,21). The topological polar surface area (TPSA) is 56.2 Å². The summed E-state index contributed by atoms with van der Waals surface area (Å²) in [6, 6.07) is 4.37. The maximum absolute atomic E-state index is 12.3. The number of carbonyl (C=O) groups excluding carboxylic acids is 1. The molecule has 1 N–H and O–H groups in total. The van der Waals surface area contributed by atoms with Gasteiger partial charge in [-0.25, -0.2) is 0 Å². The van der Waals surface area contributed by atoms with Gasteiger partial charge >= 0.3 is 6.61 Å². The van der Waals surface area contributed by atoms with Gasteiger partial charge in [0.1, 0.15) is 5.75 Å². The molecule has 0 radical (unpaired) electrons. The van der Waals surface area contributed by atoms with Crippen LogP contribution in [0.3, 0.4) is 0 Å². The van der Waals surface area contributed by atoms with Crippen molar-refractivity contribution < 1.29 is 18.3 Å². The van der Waals surface area contributed by atoms with Crippen molar-refractivity contribution in [3.63, 3.8) is 0 Å². The molecule has 0 unspecified atom stereocenters. The molecule has 0 saturated carbocycles. The number of alkyl halides is 2. The highest BCUT2D eigenvalue weighted by Crippen LogP contribution is 2.23. The lowest BCUT2D eigenvalue weighted by Gasteiger charge is -2.11. The van der Waals surface area contributed by atoms with Crippen LogP contribution in [0.1, 0.15) is 28.5 Å². The van der Waals surface area contributed by atoms with Gasteiger partial charge in [0, 0.05) is 17.9 Å². The first kappa shape index (κ1) is 15.9. The molecule has 2 rings (SSSR count). The van der Waals surface area contributed by atoms with Crippen LogP contribution in [0.4, 0.5) is 14.5 Å². The second-order valence-corrected chi connectivity index (χ2v) is 4.77. The first-order chi connectivity index (χ1) is 10.4. The van der Waals surface area contributed by atoms with E-state index in [4.69, 9.17) is 0 Å². The number of nitrogens with one attached hydrogen (secondary N) is 1. The zero-order valence-electron chi connectivity index (χ0n) is 12.6. The normalized spacial score (nSPS) is 10.8. The molecule has 5 nitrogen and oxygen atoms in total. The van der Waals surface area contributed by atoms with Gasteiger partial charge in [0.2, 0.25) is 0 Å². The fraction of sp³-hybridized carbons (Fsp3) is 0.333. The van der Waals surface area contributed by atoms with E-state index in [2.05, 4.69) is 15.2 Å². The zero-order valence-corrected chi connectivity index (χ0v) is 12.6. The van der Waals surface area contributed by atoms with Crippen molar-refractivity contribution in [1.82, 2.24) is 9.78 Å². The first-order valence-corrected chi connectivity index (χ1v) is 6.81. The van der Waals surface area contributed by atoms with Gasteiger partial charge in [-0.05, 0) is 44.5 Å². The molecule has 118 valence electrons. The number of benzene rings is 1. The summed E-state index contributed by atoms with van der Waals surface area (Å²) in [5.41, 5.74) is 2.42. The van der Waals surface area contributed by atoms with Crippen molar-refractivity contribution in [3.05, 3.63) is 41.2 Å². The molecule has 0 aliphatic carbocycles. The minimum absolute atomic E-state index is 0.0560. The molecule has 0 fully saturated rings. The molecule has 7 heteroatoms. The lowest BCUT2D eigenvalue weighted by molar-refractivity contribution is -0.0498. The van der Waals surface area contributed by atoms with E-state index in [-0.39, 0.29) is 11.7 Å². The second kappa shape index (κ2) is 6.55. The van der Waals surface area contributed by atoms with Gasteiger partial charge in [0.05, 0.1) is 11.8 Å². The second-order valence-electron chi connectivity index (χ2n) is 4.77. The van der Waals surface area contributed by atoms with Crippen LogP contribution in [-0.2, 0) is 6.54 Å². The quantitative estimate of drug-likeness (QED) is 0.921. The monoisotopic (exact) mass is 309 g/mol. The van der Waals surface area contributed by atoms with Gasteiger partial charge in [0.25, 0.3) is 5.91 Å². The van der Waals surface area contributed by atoms with Crippen molar-refractivity contribution >= 4 is 11.6 Å². The molecule has 0 bridgehead atoms. The summed E-state index contributed by atoms with van der Waals surface area (Å²) in [6.45, 7) is 3.27. The number of aryl methyl sites for hydroxylation is 2. The molecule has 2 aromatic rings. The molecule has 1 amide bonds. The fourth-order valence-electron chi connectivity index (χ4n) is 2.13. The van der Waals surface area contributed by atoms with Gasteiger partial charge in [-0.15, -0.1) is 0 Å². The third-order valence-corrected chi connectivity index (χ3v) is 3.32. The molecular formula is C15H17F2N3O2. The number of ether oxygens (including phenoxy) is 1. The average molecular weight is 309 g/mol. The highest BCUT2D eigenvalue weighted by molar-refractivity contribution is 6.05. The van der Waals surface area contributed by atoms with E-state index in [9.17, 15) is 13.6 Å². The van der Waals surface area contributed by atoms with Crippen LogP contribution in [-0.4, -0.2) is 22.3 Å². The summed E-state index contributed by atoms with van der Waals surface area (Å²) in [5, 5.41) is 6.87. The van der Waals surface area contributed by atoms with Gasteiger partial charge < -0.3 is 10.1 Å². The Morgan fingerprint density at radius 1 is 1.41 bits per heavy atom. The minimum atomic E-state index is -2.87. The number of nitrogens with zero attached hydrogens (tertiary/aromatic N) is 2. The van der Waals surface area contributed by atoms with Crippen molar-refractivity contribution in [1.29, 1.82) is 0 Å². The van der Waals surface area contributed by atoms with E-state index in [1.807, 2.05) is 13.8 Å². The number of anilines is 1. The summed E-state index contributed by atoms with van der Waals surface area (Å²) in [6.07, 6.45) is 1.51. The van der Waals surface area contributed by atoms with Gasteiger partial charge in [0.15, 0.2) is 0 Å². The van der Waals surface area contributed by atoms with Crippen molar-refractivity contribution in [2.75, 3.05) is 5.32 Å². The Labute approximate surface area is 126 Å². The number of hydrogen-bond acceptors (Lipinski definition) is 3. The van der Waals surface area contributed by atoms with E-state index in [0.717, 1.165) is 5.69 Å². The fourth-order valence-corrected chi connectivity index (χ4v) is 2.13. The van der Waals surface area contributed by atoms with Crippen LogP contribution < -0.4 is 10.1 Å². The van der Waals surface area contributed by atoms with Gasteiger partial charge in [-0.1, -0.05) is 0 Å². The van der Waals surface area contributed by atoms with E-state index < -0.39 is 6.61 Å². The maximum Gasteiger partial charge on any atom is 0.387 e. The van der Waals surface area contributed by atoms with E-state index in [1.54, 1.807) is 11.6 Å². The molecule has 0 atom stereocenters. The van der Waals surface area contributed by atoms with Crippen LogP contribution in [0.25, 0.3) is 0 Å². The summed E-state index contributed by atoms with van der Waals surface area (Å²) in [7, 11) is 0. The summed E-state index contributed by atoms with van der Waals surface area (Å²) >= 11 is 0. The number of carbonyl (C=O) groups is 1. The van der Waals surface area contributed by atoms with Crippen LogP contribution in [0.2, 0.25) is 0 Å². The summed E-state index contributed by atoms with van der Waals surface area (Å²) in [4.78, 5) is 12.3. The first-order valence-electron chi connectivity index (χ1n) is 6.81. The Morgan fingerprint density at radius 3 is 2.68 bits per heavy atom. The molecule has 0 aliphatic heterocycles. The Bertz CT molecular complexity index is 683. The summed E-state index contributed by atoms with van der Waals surface area (Å²) in [5.74, 6) is -0.233. The zero-order chi connectivity index (χ0) is 16.3. The van der Waals surface area contributed by atoms with Crippen molar-refractivity contribution in [2.45, 2.75) is 33.9 Å². The van der Waals surface area contributed by atoms with Gasteiger partial charge in [-0.3, -0.25) is 9.48 Å². The number of rotatable bonds is 5. The van der Waals surface area contributed by atoms with E-state index >= 15 is 0 Å². The number of amides is 1. The molecule has 1 aromatic carbocycles. The third kappa shape index (κ3) is 3.41. The van der Waals surface area contributed by atoms with E-state index in [1.165, 1.54) is 24.4 Å². The minimum Gasteiger partial charge on any atom is -0.435 e. The largest absolute Gasteiger partial charge is 0.435 e. The number of hydrogen-bond donors (Lipinski definition) is 1. The number of aromatic nitrogens is 2. The molecule has 1 heterocycles.